The molecule has 94 valence electrons. The lowest BCUT2D eigenvalue weighted by Gasteiger charge is -2.15. The lowest BCUT2D eigenvalue weighted by molar-refractivity contribution is 0.709. The first kappa shape index (κ1) is 11.5. The highest BCUT2D eigenvalue weighted by molar-refractivity contribution is 5.93. The normalized spacial score (nSPS) is 15.2. The molecule has 0 spiro atoms. The van der Waals surface area contributed by atoms with Crippen LogP contribution in [-0.2, 0) is 12.8 Å². The molecule has 0 saturated carbocycles. The third-order valence-electron chi connectivity index (χ3n) is 3.92. The van der Waals surface area contributed by atoms with Gasteiger partial charge < -0.3 is 5.32 Å². The highest BCUT2D eigenvalue weighted by Gasteiger charge is 2.16. The summed E-state index contributed by atoms with van der Waals surface area (Å²) in [7, 11) is 2.03. The molecule has 1 N–H and O–H groups in total. The predicted molar refractivity (Wildman–Crippen MR) is 77.3 cm³/mol. The average molecular weight is 240 g/mol. The Morgan fingerprint density at radius 2 is 1.94 bits per heavy atom. The van der Waals surface area contributed by atoms with Gasteiger partial charge in [-0.05, 0) is 50.3 Å². The van der Waals surface area contributed by atoms with Crippen LogP contribution in [0, 0.1) is 6.92 Å². The van der Waals surface area contributed by atoms with E-state index in [0.29, 0.717) is 0 Å². The van der Waals surface area contributed by atoms with E-state index in [-0.39, 0.29) is 0 Å². The highest BCUT2D eigenvalue weighted by Crippen LogP contribution is 2.32. The van der Waals surface area contributed by atoms with Gasteiger partial charge in [-0.1, -0.05) is 18.1 Å². The van der Waals surface area contributed by atoms with Crippen LogP contribution < -0.4 is 5.32 Å². The van der Waals surface area contributed by atoms with Gasteiger partial charge >= 0.3 is 0 Å². The molecule has 1 aromatic heterocycles. The predicted octanol–water partition coefficient (Wildman–Crippen LogP) is 3.85. The van der Waals surface area contributed by atoms with Gasteiger partial charge in [-0.25, -0.2) is 0 Å². The summed E-state index contributed by atoms with van der Waals surface area (Å²) in [4.78, 5) is 4.89. The highest BCUT2D eigenvalue weighted by atomic mass is 14.8. The van der Waals surface area contributed by atoms with Gasteiger partial charge in [0.25, 0.3) is 0 Å². The van der Waals surface area contributed by atoms with Gasteiger partial charge in [0.2, 0.25) is 0 Å². The van der Waals surface area contributed by atoms with Crippen molar-refractivity contribution in [3.05, 3.63) is 35.0 Å². The zero-order chi connectivity index (χ0) is 12.5. The molecule has 0 bridgehead atoms. The monoisotopic (exact) mass is 240 g/mol. The third-order valence-corrected chi connectivity index (χ3v) is 3.92. The number of hydrogen-bond donors (Lipinski definition) is 1. The number of nitrogens with zero attached hydrogens (tertiary/aromatic N) is 1. The van der Waals surface area contributed by atoms with Crippen LogP contribution in [0.1, 0.15) is 36.1 Å². The molecule has 1 aliphatic rings. The molecule has 3 rings (SSSR count). The molecule has 0 amide bonds. The SMILES string of the molecule is CNc1c2c(nc3ccc(C)cc13)CCCCC2. The summed E-state index contributed by atoms with van der Waals surface area (Å²) < 4.78 is 0. The molecule has 0 saturated heterocycles. The van der Waals surface area contributed by atoms with Crippen LogP contribution in [0.3, 0.4) is 0 Å². The van der Waals surface area contributed by atoms with Crippen molar-refractivity contribution in [3.8, 4) is 0 Å². The van der Waals surface area contributed by atoms with Crippen LogP contribution in [0.5, 0.6) is 0 Å². The Bertz CT molecular complexity index is 587. The van der Waals surface area contributed by atoms with Gasteiger partial charge in [-0.3, -0.25) is 4.98 Å². The lowest BCUT2D eigenvalue weighted by atomic mass is 10.0. The van der Waals surface area contributed by atoms with E-state index in [2.05, 4.69) is 30.4 Å². The van der Waals surface area contributed by atoms with E-state index < -0.39 is 0 Å². The Morgan fingerprint density at radius 1 is 1.11 bits per heavy atom. The minimum atomic E-state index is 1.13. The lowest BCUT2D eigenvalue weighted by Crippen LogP contribution is -2.03. The molecule has 1 aliphatic carbocycles. The molecule has 0 aliphatic heterocycles. The molecule has 2 nitrogen and oxygen atoms in total. The standard InChI is InChI=1S/C16H20N2/c1-11-8-9-15-13(10-11)16(17-2)12-6-4-3-5-7-14(12)18-15/h8-10H,3-7H2,1-2H3,(H,17,18). The third kappa shape index (κ3) is 1.86. The molecule has 0 radical (unpaired) electrons. The van der Waals surface area contributed by atoms with Crippen molar-refractivity contribution in [2.45, 2.75) is 39.0 Å². The van der Waals surface area contributed by atoms with Gasteiger partial charge in [0.1, 0.15) is 0 Å². The molecular formula is C16H20N2. The molecule has 0 atom stereocenters. The van der Waals surface area contributed by atoms with Crippen LogP contribution in [0.25, 0.3) is 10.9 Å². The summed E-state index contributed by atoms with van der Waals surface area (Å²) in [5.74, 6) is 0. The van der Waals surface area contributed by atoms with E-state index in [4.69, 9.17) is 4.98 Å². The molecule has 1 heterocycles. The van der Waals surface area contributed by atoms with Crippen molar-refractivity contribution < 1.29 is 0 Å². The number of benzene rings is 1. The van der Waals surface area contributed by atoms with Crippen molar-refractivity contribution in [1.82, 2.24) is 4.98 Å². The van der Waals surface area contributed by atoms with Crippen LogP contribution in [0.15, 0.2) is 18.2 Å². The van der Waals surface area contributed by atoms with Crippen molar-refractivity contribution in [2.75, 3.05) is 12.4 Å². The van der Waals surface area contributed by atoms with Crippen molar-refractivity contribution in [1.29, 1.82) is 0 Å². The number of anilines is 1. The fraction of sp³-hybridized carbons (Fsp3) is 0.438. The summed E-state index contributed by atoms with van der Waals surface area (Å²) in [6.07, 6.45) is 6.20. The number of rotatable bonds is 1. The zero-order valence-electron chi connectivity index (χ0n) is 11.2. The van der Waals surface area contributed by atoms with Gasteiger partial charge in [-0.15, -0.1) is 0 Å². The van der Waals surface area contributed by atoms with Crippen LogP contribution in [0.4, 0.5) is 5.69 Å². The summed E-state index contributed by atoms with van der Waals surface area (Å²) >= 11 is 0. The number of aryl methyl sites for hydroxylation is 2. The smallest absolute Gasteiger partial charge is 0.0726 e. The minimum absolute atomic E-state index is 1.13. The first-order chi connectivity index (χ1) is 8.79. The summed E-state index contributed by atoms with van der Waals surface area (Å²) in [6.45, 7) is 2.14. The maximum absolute atomic E-state index is 4.89. The van der Waals surface area contributed by atoms with Crippen LogP contribution >= 0.6 is 0 Å². The van der Waals surface area contributed by atoms with Crippen molar-refractivity contribution in [3.63, 3.8) is 0 Å². The fourth-order valence-electron chi connectivity index (χ4n) is 3.00. The Kier molecular flexibility index (Phi) is 2.94. The molecule has 2 heteroatoms. The summed E-state index contributed by atoms with van der Waals surface area (Å²) in [5, 5.41) is 4.69. The second kappa shape index (κ2) is 4.60. The Morgan fingerprint density at radius 3 is 2.78 bits per heavy atom. The minimum Gasteiger partial charge on any atom is -0.387 e. The maximum Gasteiger partial charge on any atom is 0.0726 e. The van der Waals surface area contributed by atoms with E-state index in [9.17, 15) is 0 Å². The fourth-order valence-corrected chi connectivity index (χ4v) is 3.00. The van der Waals surface area contributed by atoms with E-state index >= 15 is 0 Å². The first-order valence-electron chi connectivity index (χ1n) is 6.89. The summed E-state index contributed by atoms with van der Waals surface area (Å²) in [5.41, 5.74) is 6.50. The first-order valence-corrected chi connectivity index (χ1v) is 6.89. The molecule has 1 aromatic carbocycles. The molecule has 0 unspecified atom stereocenters. The number of nitrogens with one attached hydrogen (secondary N) is 1. The van der Waals surface area contributed by atoms with Gasteiger partial charge in [0.15, 0.2) is 0 Å². The average Bonchev–Trinajstić information content (AvgIpc) is 2.61. The second-order valence-corrected chi connectivity index (χ2v) is 5.24. The quantitative estimate of drug-likeness (QED) is 0.766. The molecule has 2 aromatic rings. The van der Waals surface area contributed by atoms with Gasteiger partial charge in [-0.2, -0.15) is 0 Å². The van der Waals surface area contributed by atoms with Crippen LogP contribution in [-0.4, -0.2) is 12.0 Å². The zero-order valence-corrected chi connectivity index (χ0v) is 11.2. The number of fused-ring (bicyclic) bond motifs is 2. The van der Waals surface area contributed by atoms with Crippen LogP contribution in [0.2, 0.25) is 0 Å². The number of aromatic nitrogens is 1. The van der Waals surface area contributed by atoms with E-state index in [1.807, 2.05) is 7.05 Å². The summed E-state index contributed by atoms with van der Waals surface area (Å²) in [6, 6.07) is 6.55. The van der Waals surface area contributed by atoms with E-state index in [1.165, 1.54) is 53.6 Å². The Labute approximate surface area is 108 Å². The Balaban J connectivity index is 2.31. The molecule has 0 fully saturated rings. The second-order valence-electron chi connectivity index (χ2n) is 5.24. The van der Waals surface area contributed by atoms with Crippen molar-refractivity contribution >= 4 is 16.6 Å². The van der Waals surface area contributed by atoms with E-state index in [1.54, 1.807) is 0 Å². The topological polar surface area (TPSA) is 24.9 Å². The van der Waals surface area contributed by atoms with Gasteiger partial charge in [0.05, 0.1) is 5.52 Å². The van der Waals surface area contributed by atoms with Crippen molar-refractivity contribution in [2.24, 2.45) is 0 Å². The Hall–Kier alpha value is -1.57. The number of hydrogen-bond acceptors (Lipinski definition) is 2. The molecule has 18 heavy (non-hydrogen) atoms. The molecular weight excluding hydrogens is 220 g/mol. The maximum atomic E-state index is 4.89. The van der Waals surface area contributed by atoms with E-state index in [0.717, 1.165) is 11.9 Å². The van der Waals surface area contributed by atoms with Gasteiger partial charge in [0, 0.05) is 23.8 Å². The largest absolute Gasteiger partial charge is 0.387 e. The number of pyridine rings is 1.